The minimum atomic E-state index is -1.55. The standard InChI is InChI=1S/C12H10ClF2NO2/c13-10(14)11(15)16-9(7-18-12(16)17)6-8-4-2-1-3-5-8/h1-5,9H,6-7H2/b11-10-/t9-/m0/s1. The topological polar surface area (TPSA) is 29.5 Å². The molecular formula is C12H10ClF2NO2. The number of hydrogen-bond acceptors (Lipinski definition) is 2. The molecule has 96 valence electrons. The van der Waals surface area contributed by atoms with E-state index >= 15 is 0 Å². The second-order valence-corrected chi connectivity index (χ2v) is 4.17. The molecule has 0 saturated carbocycles. The van der Waals surface area contributed by atoms with Crippen LogP contribution in [0.5, 0.6) is 0 Å². The maximum absolute atomic E-state index is 13.4. The van der Waals surface area contributed by atoms with Gasteiger partial charge in [0.25, 0.3) is 0 Å². The molecule has 1 saturated heterocycles. The number of carbonyl (C=O) groups is 1. The molecule has 0 N–H and O–H groups in total. The second-order valence-electron chi connectivity index (χ2n) is 3.84. The normalized spacial score (nSPS) is 20.7. The molecule has 0 aromatic heterocycles. The summed E-state index contributed by atoms with van der Waals surface area (Å²) in [5.74, 6) is -1.40. The molecule has 0 radical (unpaired) electrons. The van der Waals surface area contributed by atoms with Crippen molar-refractivity contribution < 1.29 is 18.3 Å². The molecule has 3 nitrogen and oxygen atoms in total. The number of carbonyl (C=O) groups excluding carboxylic acids is 1. The Kier molecular flexibility index (Phi) is 3.81. The maximum Gasteiger partial charge on any atom is 0.416 e. The first-order valence-electron chi connectivity index (χ1n) is 5.30. The fourth-order valence-electron chi connectivity index (χ4n) is 1.83. The van der Waals surface area contributed by atoms with Crippen LogP contribution in [0.25, 0.3) is 0 Å². The van der Waals surface area contributed by atoms with E-state index in [0.29, 0.717) is 11.3 Å². The van der Waals surface area contributed by atoms with E-state index in [1.807, 2.05) is 30.3 Å². The monoisotopic (exact) mass is 273 g/mol. The quantitative estimate of drug-likeness (QED) is 0.791. The highest BCUT2D eigenvalue weighted by Crippen LogP contribution is 2.26. The Bertz CT molecular complexity index is 474. The molecule has 1 aliphatic heterocycles. The lowest BCUT2D eigenvalue weighted by Crippen LogP contribution is -2.33. The zero-order valence-electron chi connectivity index (χ0n) is 9.28. The van der Waals surface area contributed by atoms with Crippen LogP contribution in [-0.2, 0) is 11.2 Å². The van der Waals surface area contributed by atoms with Crippen LogP contribution in [0.3, 0.4) is 0 Å². The number of benzene rings is 1. The van der Waals surface area contributed by atoms with Gasteiger partial charge in [0.05, 0.1) is 6.04 Å². The predicted octanol–water partition coefficient (Wildman–Crippen LogP) is 3.35. The molecule has 0 aliphatic carbocycles. The summed E-state index contributed by atoms with van der Waals surface area (Å²) in [6, 6.07) is 8.57. The molecule has 0 spiro atoms. The summed E-state index contributed by atoms with van der Waals surface area (Å²) < 4.78 is 30.8. The number of rotatable bonds is 3. The molecule has 1 aromatic rings. The molecule has 6 heteroatoms. The Morgan fingerprint density at radius 1 is 1.39 bits per heavy atom. The predicted molar refractivity (Wildman–Crippen MR) is 62.2 cm³/mol. The summed E-state index contributed by atoms with van der Waals surface area (Å²) in [5.41, 5.74) is 0.897. The van der Waals surface area contributed by atoms with E-state index in [0.717, 1.165) is 5.56 Å². The SMILES string of the molecule is O=C1OC[C@H](Cc2ccccc2)N1/C(F)=C(\F)Cl. The number of hydrogen-bond donors (Lipinski definition) is 0. The van der Waals surface area contributed by atoms with Gasteiger partial charge in [0.2, 0.25) is 11.2 Å². The highest BCUT2D eigenvalue weighted by atomic mass is 35.5. The molecule has 1 aromatic carbocycles. The average molecular weight is 274 g/mol. The van der Waals surface area contributed by atoms with Gasteiger partial charge in [-0.1, -0.05) is 30.3 Å². The average Bonchev–Trinajstić information content (AvgIpc) is 2.71. The second kappa shape index (κ2) is 5.35. The van der Waals surface area contributed by atoms with Crippen molar-refractivity contribution in [3.63, 3.8) is 0 Å². The third-order valence-electron chi connectivity index (χ3n) is 2.64. The lowest BCUT2D eigenvalue weighted by Gasteiger charge is -2.18. The van der Waals surface area contributed by atoms with Crippen molar-refractivity contribution in [1.82, 2.24) is 4.90 Å². The minimum absolute atomic E-state index is 0.00527. The third-order valence-corrected chi connectivity index (χ3v) is 2.80. The van der Waals surface area contributed by atoms with Crippen molar-refractivity contribution in [1.29, 1.82) is 0 Å². The summed E-state index contributed by atoms with van der Waals surface area (Å²) in [5, 5.41) is -1.55. The number of cyclic esters (lactones) is 1. The van der Waals surface area contributed by atoms with Gasteiger partial charge in [-0.05, 0) is 23.6 Å². The van der Waals surface area contributed by atoms with Gasteiger partial charge in [-0.3, -0.25) is 0 Å². The summed E-state index contributed by atoms with van der Waals surface area (Å²) >= 11 is 4.93. The zero-order chi connectivity index (χ0) is 13.1. The van der Waals surface area contributed by atoms with Gasteiger partial charge in [0.15, 0.2) is 0 Å². The van der Waals surface area contributed by atoms with Crippen LogP contribution in [-0.4, -0.2) is 23.6 Å². The van der Waals surface area contributed by atoms with Crippen LogP contribution in [0, 0.1) is 0 Å². The largest absolute Gasteiger partial charge is 0.447 e. The molecular weight excluding hydrogens is 264 g/mol. The number of amides is 1. The Hall–Kier alpha value is -1.62. The van der Waals surface area contributed by atoms with E-state index in [2.05, 4.69) is 0 Å². The Labute approximate surface area is 108 Å². The van der Waals surface area contributed by atoms with Gasteiger partial charge in [-0.2, -0.15) is 8.78 Å². The van der Waals surface area contributed by atoms with Gasteiger partial charge in [-0.15, -0.1) is 0 Å². The Morgan fingerprint density at radius 2 is 2.06 bits per heavy atom. The van der Waals surface area contributed by atoms with Crippen molar-refractivity contribution in [2.24, 2.45) is 0 Å². The van der Waals surface area contributed by atoms with Crippen LogP contribution < -0.4 is 0 Å². The van der Waals surface area contributed by atoms with Crippen molar-refractivity contribution in [2.45, 2.75) is 12.5 Å². The van der Waals surface area contributed by atoms with Crippen LogP contribution in [0.1, 0.15) is 5.56 Å². The van der Waals surface area contributed by atoms with E-state index in [9.17, 15) is 13.6 Å². The van der Waals surface area contributed by atoms with E-state index in [1.54, 1.807) is 0 Å². The van der Waals surface area contributed by atoms with Crippen LogP contribution in [0.15, 0.2) is 41.6 Å². The van der Waals surface area contributed by atoms with Gasteiger partial charge >= 0.3 is 6.09 Å². The highest BCUT2D eigenvalue weighted by Gasteiger charge is 2.37. The number of nitrogens with zero attached hydrogens (tertiary/aromatic N) is 1. The van der Waals surface area contributed by atoms with Crippen molar-refractivity contribution in [2.75, 3.05) is 6.61 Å². The first kappa shape index (κ1) is 12.8. The van der Waals surface area contributed by atoms with Gasteiger partial charge in [0, 0.05) is 0 Å². The Morgan fingerprint density at radius 3 is 2.67 bits per heavy atom. The maximum atomic E-state index is 13.4. The summed E-state index contributed by atoms with van der Waals surface area (Å²) in [6.07, 6.45) is -0.561. The van der Waals surface area contributed by atoms with Gasteiger partial charge in [0.1, 0.15) is 6.61 Å². The minimum Gasteiger partial charge on any atom is -0.447 e. The molecule has 1 amide bonds. The summed E-state index contributed by atoms with van der Waals surface area (Å²) in [7, 11) is 0. The van der Waals surface area contributed by atoms with E-state index in [4.69, 9.17) is 16.3 Å². The third kappa shape index (κ3) is 2.61. The fraction of sp³-hybridized carbons (Fsp3) is 0.250. The van der Waals surface area contributed by atoms with Gasteiger partial charge < -0.3 is 4.74 Å². The van der Waals surface area contributed by atoms with E-state index < -0.39 is 23.4 Å². The van der Waals surface area contributed by atoms with Crippen molar-refractivity contribution in [3.8, 4) is 0 Å². The van der Waals surface area contributed by atoms with E-state index in [-0.39, 0.29) is 6.61 Å². The molecule has 2 rings (SSSR count). The first-order chi connectivity index (χ1) is 8.59. The van der Waals surface area contributed by atoms with Crippen molar-refractivity contribution >= 4 is 17.7 Å². The van der Waals surface area contributed by atoms with Gasteiger partial charge in [-0.25, -0.2) is 9.69 Å². The highest BCUT2D eigenvalue weighted by molar-refractivity contribution is 6.28. The number of ether oxygens (including phenoxy) is 1. The molecule has 0 bridgehead atoms. The lowest BCUT2D eigenvalue weighted by atomic mass is 10.1. The first-order valence-corrected chi connectivity index (χ1v) is 5.68. The number of halogens is 3. The summed E-state index contributed by atoms with van der Waals surface area (Å²) in [4.78, 5) is 11.9. The smallest absolute Gasteiger partial charge is 0.416 e. The molecule has 0 unspecified atom stereocenters. The van der Waals surface area contributed by atoms with Crippen LogP contribution in [0.4, 0.5) is 13.6 Å². The van der Waals surface area contributed by atoms with Crippen LogP contribution in [0.2, 0.25) is 0 Å². The molecule has 1 heterocycles. The molecule has 1 aliphatic rings. The molecule has 1 atom stereocenters. The van der Waals surface area contributed by atoms with Crippen LogP contribution >= 0.6 is 11.6 Å². The zero-order valence-corrected chi connectivity index (χ0v) is 10.0. The van der Waals surface area contributed by atoms with Crippen molar-refractivity contribution in [3.05, 3.63) is 47.1 Å². The summed E-state index contributed by atoms with van der Waals surface area (Å²) in [6.45, 7) is 0.00527. The Balaban J connectivity index is 2.18. The molecule has 1 fully saturated rings. The van der Waals surface area contributed by atoms with E-state index in [1.165, 1.54) is 0 Å². The lowest BCUT2D eigenvalue weighted by molar-refractivity contribution is 0.158. The fourth-order valence-corrected chi connectivity index (χ4v) is 1.92. The molecule has 18 heavy (non-hydrogen) atoms.